The molecule has 0 fully saturated rings. The molecule has 7 rings (SSSR count). The third-order valence-corrected chi connectivity index (χ3v) is 11.8. The van der Waals surface area contributed by atoms with Crippen molar-refractivity contribution in [1.29, 1.82) is 0 Å². The van der Waals surface area contributed by atoms with Gasteiger partial charge >= 0.3 is 5.95 Å². The van der Waals surface area contributed by atoms with Crippen LogP contribution in [0.2, 0.25) is 0 Å². The Morgan fingerprint density at radius 3 is 1.68 bits per heavy atom. The van der Waals surface area contributed by atoms with Crippen LogP contribution in [0, 0.1) is 0 Å². The number of anilines is 6. The fourth-order valence-corrected chi connectivity index (χ4v) is 7.64. The zero-order valence-corrected chi connectivity index (χ0v) is 40.7. The van der Waals surface area contributed by atoms with Crippen molar-refractivity contribution in [2.24, 2.45) is 27.5 Å². The Bertz CT molecular complexity index is 2750. The molecule has 0 saturated carbocycles. The number of hydrogen-bond donors (Lipinski definition) is 3. The number of aromatic nitrogens is 2. The maximum atomic E-state index is 13.4. The summed E-state index contributed by atoms with van der Waals surface area (Å²) in [6, 6.07) is 36.1. The molecule has 1 aliphatic rings. The summed E-state index contributed by atoms with van der Waals surface area (Å²) in [5.74, 6) is 0.349. The lowest BCUT2D eigenvalue weighted by molar-refractivity contribution is -0.657. The normalized spacial score (nSPS) is 13.4. The van der Waals surface area contributed by atoms with Crippen molar-refractivity contribution in [3.8, 4) is 5.75 Å². The van der Waals surface area contributed by atoms with Gasteiger partial charge < -0.3 is 45.1 Å². The number of hydrogen-bond acceptors (Lipinski definition) is 13. The number of aromatic hydroxyl groups is 1. The zero-order valence-electron chi connectivity index (χ0n) is 40.7. The Hall–Kier alpha value is -8.21. The monoisotopic (exact) mass is 932 g/mol. The summed E-state index contributed by atoms with van der Waals surface area (Å²) in [5.41, 5.74) is 7.95. The number of nitrogens with zero attached hydrogens (tertiary/aromatic N) is 12. The highest BCUT2D eigenvalue weighted by Crippen LogP contribution is 2.32. The van der Waals surface area contributed by atoms with Crippen molar-refractivity contribution in [2.45, 2.75) is 25.7 Å². The lowest BCUT2D eigenvalue weighted by Crippen LogP contribution is -2.36. The molecule has 1 atom stereocenters. The summed E-state index contributed by atoms with van der Waals surface area (Å²) >= 11 is 0. The molecule has 1 unspecified atom stereocenters. The number of carbonyl (C=O) groups is 2. The van der Waals surface area contributed by atoms with Gasteiger partial charge in [0.25, 0.3) is 11.8 Å². The topological polar surface area (TPSA) is 156 Å². The molecule has 17 heteroatoms. The van der Waals surface area contributed by atoms with Crippen LogP contribution in [-0.4, -0.2) is 116 Å². The maximum absolute atomic E-state index is 13.4. The number of phenolic OH excluding ortho intramolecular Hbond substituents is 1. The van der Waals surface area contributed by atoms with Crippen LogP contribution in [0.3, 0.4) is 0 Å². The van der Waals surface area contributed by atoms with Gasteiger partial charge in [-0.05, 0) is 122 Å². The molecule has 1 aromatic heterocycles. The number of nitrogens with one attached hydrogen (secondary N) is 2. The van der Waals surface area contributed by atoms with Gasteiger partial charge in [-0.25, -0.2) is 9.13 Å². The lowest BCUT2D eigenvalue weighted by atomic mass is 10.1. The average Bonchev–Trinajstić information content (AvgIpc) is 3.89. The molecule has 0 bridgehead atoms. The molecule has 3 N–H and O–H groups in total. The Morgan fingerprint density at radius 2 is 1.14 bits per heavy atom. The first kappa shape index (κ1) is 48.7. The summed E-state index contributed by atoms with van der Waals surface area (Å²) < 4.78 is 3.81. The van der Waals surface area contributed by atoms with Crippen molar-refractivity contribution >= 4 is 63.3 Å². The fourth-order valence-electron chi connectivity index (χ4n) is 7.64. The fraction of sp³-hybridized carbons (Fsp3) is 0.288. The van der Waals surface area contributed by atoms with Crippen LogP contribution in [0.1, 0.15) is 33.6 Å². The first-order valence-corrected chi connectivity index (χ1v) is 22.9. The first-order chi connectivity index (χ1) is 33.2. The van der Waals surface area contributed by atoms with Crippen molar-refractivity contribution in [2.75, 3.05) is 89.4 Å². The number of rotatable bonds is 20. The molecule has 17 nitrogen and oxygen atoms in total. The third kappa shape index (κ3) is 12.8. The van der Waals surface area contributed by atoms with E-state index in [9.17, 15) is 14.7 Å². The Morgan fingerprint density at radius 1 is 0.638 bits per heavy atom. The van der Waals surface area contributed by atoms with Crippen molar-refractivity contribution in [3.63, 3.8) is 0 Å². The van der Waals surface area contributed by atoms with E-state index in [0.717, 1.165) is 46.2 Å². The van der Waals surface area contributed by atoms with Gasteiger partial charge in [0, 0.05) is 138 Å². The Balaban J connectivity index is 0.836. The van der Waals surface area contributed by atoms with Crippen molar-refractivity contribution in [3.05, 3.63) is 151 Å². The number of imidazole rings is 1. The predicted octanol–water partition coefficient (Wildman–Crippen LogP) is 9.46. The van der Waals surface area contributed by atoms with Gasteiger partial charge in [0.2, 0.25) is 6.29 Å². The molecule has 1 aliphatic heterocycles. The molecular weight excluding hydrogens is 869 g/mol. The van der Waals surface area contributed by atoms with E-state index in [1.54, 1.807) is 60.3 Å². The van der Waals surface area contributed by atoms with Gasteiger partial charge in [-0.1, -0.05) is 5.11 Å². The molecule has 0 spiro atoms. The minimum Gasteiger partial charge on any atom is -0.505 e. The molecule has 358 valence electrons. The highest BCUT2D eigenvalue weighted by molar-refractivity contribution is 5.97. The summed E-state index contributed by atoms with van der Waals surface area (Å²) in [6.07, 6.45) is 8.86. The van der Waals surface area contributed by atoms with Gasteiger partial charge in [-0.15, -0.1) is 5.11 Å². The average molecular weight is 932 g/mol. The predicted molar refractivity (Wildman–Crippen MR) is 274 cm³/mol. The van der Waals surface area contributed by atoms with Gasteiger partial charge in [0.1, 0.15) is 11.4 Å². The van der Waals surface area contributed by atoms with Gasteiger partial charge in [0.15, 0.2) is 0 Å². The second kappa shape index (κ2) is 22.5. The summed E-state index contributed by atoms with van der Waals surface area (Å²) in [7, 11) is 15.4. The lowest BCUT2D eigenvalue weighted by Gasteiger charge is -2.26. The van der Waals surface area contributed by atoms with E-state index in [0.29, 0.717) is 55.4 Å². The summed E-state index contributed by atoms with van der Waals surface area (Å²) in [5, 5.41) is 35.5. The zero-order chi connectivity index (χ0) is 49.0. The Kier molecular flexibility index (Phi) is 15.9. The molecular formula is C52H63N14O3+. The quantitative estimate of drug-likeness (QED) is 0.0502. The number of carbonyl (C=O) groups excluding carboxylic acids is 2. The third-order valence-electron chi connectivity index (χ3n) is 11.8. The second-order valence-corrected chi connectivity index (χ2v) is 17.5. The van der Waals surface area contributed by atoms with Crippen LogP contribution in [0.25, 0.3) is 0 Å². The van der Waals surface area contributed by atoms with Crippen LogP contribution in [0.15, 0.2) is 161 Å². The van der Waals surface area contributed by atoms with Gasteiger partial charge in [-0.2, -0.15) is 5.11 Å². The molecule has 69 heavy (non-hydrogen) atoms. The van der Waals surface area contributed by atoms with E-state index >= 15 is 0 Å². The van der Waals surface area contributed by atoms with Gasteiger partial charge in [-0.3, -0.25) is 9.59 Å². The number of azo groups is 2. The van der Waals surface area contributed by atoms with Gasteiger partial charge in [0.05, 0.1) is 31.7 Å². The second-order valence-electron chi connectivity index (χ2n) is 17.5. The van der Waals surface area contributed by atoms with Crippen molar-refractivity contribution in [1.82, 2.24) is 24.2 Å². The van der Waals surface area contributed by atoms with Crippen molar-refractivity contribution < 1.29 is 19.3 Å². The molecule has 2 amide bonds. The van der Waals surface area contributed by atoms with Crippen LogP contribution in [-0.2, 0) is 13.6 Å². The molecule has 0 saturated heterocycles. The van der Waals surface area contributed by atoms with E-state index in [1.165, 1.54) is 0 Å². The molecule has 2 heterocycles. The van der Waals surface area contributed by atoms with Crippen LogP contribution < -0.4 is 25.0 Å². The molecule has 0 aliphatic carbocycles. The number of aryl methyl sites for hydroxylation is 2. The van der Waals surface area contributed by atoms with E-state index in [-0.39, 0.29) is 23.9 Å². The Labute approximate surface area is 404 Å². The van der Waals surface area contributed by atoms with E-state index < -0.39 is 0 Å². The number of benzene rings is 5. The number of phenols is 1. The smallest absolute Gasteiger partial charge is 0.421 e. The maximum Gasteiger partial charge on any atom is 0.421 e. The first-order valence-electron chi connectivity index (χ1n) is 22.9. The highest BCUT2D eigenvalue weighted by Gasteiger charge is 2.24. The minimum atomic E-state index is -0.291. The van der Waals surface area contributed by atoms with E-state index in [4.69, 9.17) is 0 Å². The van der Waals surface area contributed by atoms with Crippen LogP contribution in [0.4, 0.5) is 51.4 Å². The van der Waals surface area contributed by atoms with E-state index in [2.05, 4.69) is 65.2 Å². The molecule has 5 aromatic carbocycles. The molecule has 6 aromatic rings. The van der Waals surface area contributed by atoms with E-state index in [1.807, 2.05) is 141 Å². The minimum absolute atomic E-state index is 0.00258. The standard InChI is InChI=1S/C52H62N14O3/c1-59(2)45-24-19-41(20-25-45)53-40-15-17-43(18-16-40)55-57-51-63(7)33-35-65(51)31-9-29-61(5)49(68)38-11-13-39(14-12-38)50(69)62(6)30-10-32-66-36-34-64(8)52(66)58-56-47-28-23-44(37-48(47)67)54-42-21-26-46(27-22-42)60(3)4/h11-28,33-37,51H,9-10,29-32H2,1-8H3,(H2,53,54,57,67)/p+1. The number of amides is 2. The SMILES string of the molecule is CN(CCCN1C=CN(C)C1N=Nc1ccc(Nc2ccc(N(C)C)cc2)cc1)C(=O)c1ccc(C(=O)N(C)CCCn2cc[n+](C)c2N=Nc2ccc(Nc3ccc(N(C)C)cc3)cc2O)cc1. The molecule has 0 radical (unpaired) electrons. The highest BCUT2D eigenvalue weighted by atomic mass is 16.3. The largest absolute Gasteiger partial charge is 0.505 e. The summed E-state index contributed by atoms with van der Waals surface area (Å²) in [4.78, 5) is 38.4. The van der Waals surface area contributed by atoms with Crippen LogP contribution >= 0.6 is 0 Å². The van der Waals surface area contributed by atoms with Crippen LogP contribution in [0.5, 0.6) is 5.75 Å². The summed E-state index contributed by atoms with van der Waals surface area (Å²) in [6.45, 7) is 2.30.